The number of hydrogen-bond acceptors (Lipinski definition) is 2. The maximum Gasteiger partial charge on any atom is 1.00 e. The molecule has 0 fully saturated rings. The van der Waals surface area contributed by atoms with Crippen molar-refractivity contribution in [2.75, 3.05) is 0 Å². The first-order valence-electron chi connectivity index (χ1n) is 14.0. The summed E-state index contributed by atoms with van der Waals surface area (Å²) in [5, 5.41) is 19.0. The first-order chi connectivity index (χ1) is 15.5. The zero-order valence-electron chi connectivity index (χ0n) is 23.4. The van der Waals surface area contributed by atoms with E-state index in [-0.39, 0.29) is 42.8 Å². The number of aliphatic carboxylic acids is 2. The van der Waals surface area contributed by atoms with Crippen molar-refractivity contribution < 1.29 is 50.8 Å². The molecule has 0 rings (SSSR count). The van der Waals surface area contributed by atoms with Gasteiger partial charge in [-0.1, -0.05) is 129 Å². The smallest absolute Gasteiger partial charge is 1.00 e. The van der Waals surface area contributed by atoms with Gasteiger partial charge in [0.1, 0.15) is 0 Å². The van der Waals surface area contributed by atoms with Crippen LogP contribution in [0.4, 0.5) is 0 Å². The largest absolute Gasteiger partial charge is 1.00 e. The second-order valence-electron chi connectivity index (χ2n) is 9.88. The van der Waals surface area contributed by atoms with Gasteiger partial charge in [-0.3, -0.25) is 9.59 Å². The van der Waals surface area contributed by atoms with E-state index in [4.69, 9.17) is 0 Å². The van der Waals surface area contributed by atoms with Crippen LogP contribution in [0.5, 0.6) is 0 Å². The monoisotopic (exact) mass is 478 g/mol. The van der Waals surface area contributed by atoms with Crippen LogP contribution in [0.2, 0.25) is 0 Å². The van der Waals surface area contributed by atoms with Crippen LogP contribution in [-0.4, -0.2) is 22.2 Å². The first-order valence-corrected chi connectivity index (χ1v) is 14.0. The van der Waals surface area contributed by atoms with E-state index in [1.807, 2.05) is 0 Å². The maximum atomic E-state index is 11.6. The van der Waals surface area contributed by atoms with Gasteiger partial charge in [0, 0.05) is 0 Å². The fourth-order valence-corrected chi connectivity index (χ4v) is 4.61. The summed E-state index contributed by atoms with van der Waals surface area (Å²) >= 11 is 0. The summed E-state index contributed by atoms with van der Waals surface area (Å²) in [6, 6.07) is 0. The summed E-state index contributed by atoms with van der Waals surface area (Å²) in [6.07, 6.45) is 24.3. The SMILES string of the molecule is CCCCCCCCCCC(CCCCC(CCCCCCCCCC)C(=O)O)C(=O)O.[H-].[Na+]. The summed E-state index contributed by atoms with van der Waals surface area (Å²) in [7, 11) is 0. The van der Waals surface area contributed by atoms with Crippen LogP contribution in [0.1, 0.15) is 157 Å². The summed E-state index contributed by atoms with van der Waals surface area (Å²) < 4.78 is 0. The van der Waals surface area contributed by atoms with E-state index in [0.29, 0.717) is 12.8 Å². The molecular formula is C28H55NaO4. The quantitative estimate of drug-likeness (QED) is 0.122. The summed E-state index contributed by atoms with van der Waals surface area (Å²) in [5.41, 5.74) is 0. The second kappa shape index (κ2) is 26.5. The standard InChI is InChI=1S/C28H54O4.Na.H/c1-3-5-7-9-11-13-15-17-21-25(27(29)30)23-19-20-24-26(28(31)32)22-18-16-14-12-10-8-6-4-2;;/h25-26H,3-24H2,1-2H3,(H,29,30)(H,31,32);;/q;+1;-1. The molecule has 192 valence electrons. The van der Waals surface area contributed by atoms with Crippen LogP contribution >= 0.6 is 0 Å². The molecule has 0 aliphatic heterocycles. The van der Waals surface area contributed by atoms with Gasteiger partial charge in [-0.25, -0.2) is 0 Å². The van der Waals surface area contributed by atoms with E-state index in [1.165, 1.54) is 77.0 Å². The van der Waals surface area contributed by atoms with Crippen LogP contribution in [0, 0.1) is 11.8 Å². The number of rotatable bonds is 25. The molecule has 4 nitrogen and oxygen atoms in total. The zero-order valence-corrected chi connectivity index (χ0v) is 24.4. The minimum atomic E-state index is -0.679. The van der Waals surface area contributed by atoms with Gasteiger partial charge in [0.25, 0.3) is 0 Å². The molecule has 2 atom stereocenters. The van der Waals surface area contributed by atoms with Crippen molar-refractivity contribution in [3.8, 4) is 0 Å². The molecule has 0 saturated heterocycles. The molecule has 2 N–H and O–H groups in total. The minimum absolute atomic E-state index is 0. The molecule has 5 heteroatoms. The van der Waals surface area contributed by atoms with E-state index in [1.54, 1.807) is 0 Å². The molecule has 0 aliphatic carbocycles. The average molecular weight is 479 g/mol. The van der Waals surface area contributed by atoms with E-state index in [9.17, 15) is 19.8 Å². The molecule has 0 aromatic heterocycles. The third-order valence-electron chi connectivity index (χ3n) is 6.87. The van der Waals surface area contributed by atoms with Crippen molar-refractivity contribution in [1.29, 1.82) is 0 Å². The molecule has 0 aliphatic rings. The topological polar surface area (TPSA) is 74.6 Å². The summed E-state index contributed by atoms with van der Waals surface area (Å²) in [5.74, 6) is -1.87. The van der Waals surface area contributed by atoms with Crippen molar-refractivity contribution in [2.45, 2.75) is 155 Å². The fourth-order valence-electron chi connectivity index (χ4n) is 4.61. The Morgan fingerprint density at radius 2 is 0.697 bits per heavy atom. The predicted molar refractivity (Wildman–Crippen MR) is 136 cm³/mol. The zero-order chi connectivity index (χ0) is 23.9. The van der Waals surface area contributed by atoms with Gasteiger partial charge in [-0.2, -0.15) is 0 Å². The van der Waals surface area contributed by atoms with Gasteiger partial charge in [0.2, 0.25) is 0 Å². The number of carboxylic acids is 2. The molecule has 0 aromatic rings. The van der Waals surface area contributed by atoms with Crippen molar-refractivity contribution in [2.24, 2.45) is 11.8 Å². The third kappa shape index (κ3) is 23.5. The summed E-state index contributed by atoms with van der Waals surface area (Å²) in [6.45, 7) is 4.45. The number of carboxylic acid groups (broad SMARTS) is 2. The van der Waals surface area contributed by atoms with E-state index >= 15 is 0 Å². The Morgan fingerprint density at radius 3 is 0.939 bits per heavy atom. The van der Waals surface area contributed by atoms with Gasteiger partial charge in [0.15, 0.2) is 0 Å². The molecule has 0 bridgehead atoms. The van der Waals surface area contributed by atoms with E-state index in [2.05, 4.69) is 13.8 Å². The van der Waals surface area contributed by atoms with Crippen LogP contribution < -0.4 is 29.6 Å². The molecule has 0 amide bonds. The Labute approximate surface area is 228 Å². The summed E-state index contributed by atoms with van der Waals surface area (Å²) in [4.78, 5) is 23.1. The second-order valence-corrected chi connectivity index (χ2v) is 9.88. The van der Waals surface area contributed by atoms with Crippen molar-refractivity contribution in [3.63, 3.8) is 0 Å². The van der Waals surface area contributed by atoms with Gasteiger partial charge in [0.05, 0.1) is 11.8 Å². The van der Waals surface area contributed by atoms with Crippen LogP contribution in [0.15, 0.2) is 0 Å². The third-order valence-corrected chi connectivity index (χ3v) is 6.87. The molecular weight excluding hydrogens is 423 g/mol. The fraction of sp³-hybridized carbons (Fsp3) is 0.929. The van der Waals surface area contributed by atoms with E-state index in [0.717, 1.165) is 51.4 Å². The van der Waals surface area contributed by atoms with Crippen molar-refractivity contribution >= 4 is 11.9 Å². The predicted octanol–water partition coefficient (Wildman–Crippen LogP) is 6.13. The van der Waals surface area contributed by atoms with Gasteiger partial charge in [-0.05, 0) is 25.7 Å². The Bertz CT molecular complexity index is 408. The van der Waals surface area contributed by atoms with Crippen LogP contribution in [0.3, 0.4) is 0 Å². The Balaban J connectivity index is -0.00000480. The number of hydrogen-bond donors (Lipinski definition) is 2. The molecule has 33 heavy (non-hydrogen) atoms. The number of carbonyl (C=O) groups is 2. The average Bonchev–Trinajstić information content (AvgIpc) is 2.76. The van der Waals surface area contributed by atoms with Gasteiger partial charge >= 0.3 is 41.5 Å². The van der Waals surface area contributed by atoms with Crippen LogP contribution in [-0.2, 0) is 9.59 Å². The van der Waals surface area contributed by atoms with Crippen molar-refractivity contribution in [3.05, 3.63) is 0 Å². The van der Waals surface area contributed by atoms with Gasteiger partial charge in [-0.15, -0.1) is 0 Å². The minimum Gasteiger partial charge on any atom is -1.00 e. The Hall–Kier alpha value is -0.0600. The number of unbranched alkanes of at least 4 members (excludes halogenated alkanes) is 15. The maximum absolute atomic E-state index is 11.6. The Kier molecular flexibility index (Phi) is 28.2. The molecule has 2 unspecified atom stereocenters. The van der Waals surface area contributed by atoms with Crippen LogP contribution in [0.25, 0.3) is 0 Å². The molecule has 0 radical (unpaired) electrons. The first kappa shape index (κ1) is 35.1. The Morgan fingerprint density at radius 1 is 0.485 bits per heavy atom. The molecule has 0 spiro atoms. The molecule has 0 aromatic carbocycles. The van der Waals surface area contributed by atoms with E-state index < -0.39 is 11.9 Å². The molecule has 0 saturated carbocycles. The molecule has 0 heterocycles. The normalized spacial score (nSPS) is 12.8. The van der Waals surface area contributed by atoms with Crippen molar-refractivity contribution in [1.82, 2.24) is 0 Å². The van der Waals surface area contributed by atoms with Gasteiger partial charge < -0.3 is 11.6 Å².